The monoisotopic (exact) mass is 245 g/mol. The van der Waals surface area contributed by atoms with E-state index in [1.165, 1.54) is 0 Å². The van der Waals surface area contributed by atoms with Gasteiger partial charge < -0.3 is 12.9 Å². The van der Waals surface area contributed by atoms with Gasteiger partial charge in [0.25, 0.3) is 0 Å². The van der Waals surface area contributed by atoms with Crippen LogP contribution in [0.4, 0.5) is 30.5 Å². The van der Waals surface area contributed by atoms with E-state index in [0.29, 0.717) is 24.3 Å². The zero-order chi connectivity index (χ0) is 12.6. The molecular formula is C8H5BF7-. The predicted octanol–water partition coefficient (Wildman–Crippen LogP) is 3.10. The molecule has 1 aromatic rings. The summed E-state index contributed by atoms with van der Waals surface area (Å²) in [5.74, 6) is -4.43. The van der Waals surface area contributed by atoms with Crippen LogP contribution in [0.3, 0.4) is 0 Å². The molecule has 0 atom stereocenters. The van der Waals surface area contributed by atoms with Crippen molar-refractivity contribution >= 4 is 12.4 Å². The van der Waals surface area contributed by atoms with Crippen LogP contribution in [0.1, 0.15) is 5.56 Å². The number of rotatable bonds is 3. The van der Waals surface area contributed by atoms with E-state index in [-0.39, 0.29) is 0 Å². The Balaban J connectivity index is 3.05. The molecule has 1 rings (SSSR count). The van der Waals surface area contributed by atoms with Crippen LogP contribution in [0.25, 0.3) is 0 Å². The van der Waals surface area contributed by atoms with Crippen LogP contribution >= 0.6 is 0 Å². The predicted molar refractivity (Wildman–Crippen MR) is 45.1 cm³/mol. The summed E-state index contributed by atoms with van der Waals surface area (Å²) < 4.78 is 85.4. The van der Waals surface area contributed by atoms with Crippen molar-refractivity contribution in [3.05, 3.63) is 29.8 Å². The van der Waals surface area contributed by atoms with Crippen molar-refractivity contribution in [1.29, 1.82) is 0 Å². The van der Waals surface area contributed by atoms with E-state index in [1.54, 1.807) is 0 Å². The average molecular weight is 245 g/mol. The first-order chi connectivity index (χ1) is 7.15. The summed E-state index contributed by atoms with van der Waals surface area (Å²) in [6.07, 6.45) is -3.95. The van der Waals surface area contributed by atoms with Crippen molar-refractivity contribution in [1.82, 2.24) is 0 Å². The normalized spacial score (nSPS) is 13.2. The molecule has 0 unspecified atom stereocenters. The highest BCUT2D eigenvalue weighted by Gasteiger charge is 2.42. The second kappa shape index (κ2) is 3.99. The second-order valence-corrected chi connectivity index (χ2v) is 3.12. The summed E-state index contributed by atoms with van der Waals surface area (Å²) in [7, 11) is 0. The molecule has 0 aromatic heterocycles. The molecule has 0 spiro atoms. The van der Waals surface area contributed by atoms with Gasteiger partial charge in [-0.3, -0.25) is 0 Å². The molecule has 0 aliphatic carbocycles. The Bertz CT molecular complexity index is 354. The third-order valence-corrected chi connectivity index (χ3v) is 1.95. The molecule has 0 saturated heterocycles. The van der Waals surface area contributed by atoms with Gasteiger partial charge in [-0.15, -0.1) is 5.46 Å². The fourth-order valence-electron chi connectivity index (χ4n) is 1.05. The average Bonchev–Trinajstić information content (AvgIpc) is 2.16. The lowest BCUT2D eigenvalue weighted by atomic mass is 9.79. The van der Waals surface area contributed by atoms with Crippen LogP contribution in [-0.2, 0) is 5.92 Å². The maximum absolute atomic E-state index is 12.7. The minimum atomic E-state index is -5.31. The van der Waals surface area contributed by atoms with Crippen molar-refractivity contribution in [2.45, 2.75) is 12.3 Å². The van der Waals surface area contributed by atoms with Gasteiger partial charge in [-0.1, -0.05) is 24.3 Å². The van der Waals surface area contributed by atoms with Crippen molar-refractivity contribution in [3.8, 4) is 0 Å². The van der Waals surface area contributed by atoms with Gasteiger partial charge in [-0.05, 0) is 0 Å². The van der Waals surface area contributed by atoms with E-state index in [0.717, 1.165) is 0 Å². The van der Waals surface area contributed by atoms with Gasteiger partial charge in [-0.2, -0.15) is 8.78 Å². The van der Waals surface area contributed by atoms with Gasteiger partial charge in [0.2, 0.25) is 0 Å². The van der Waals surface area contributed by atoms with E-state index < -0.39 is 30.4 Å². The highest BCUT2D eigenvalue weighted by atomic mass is 19.4. The maximum atomic E-state index is 12.7. The molecule has 0 aliphatic heterocycles. The van der Waals surface area contributed by atoms with Crippen LogP contribution in [0, 0.1) is 0 Å². The Morgan fingerprint density at radius 2 is 1.38 bits per heavy atom. The molecule has 0 aliphatic rings. The summed E-state index contributed by atoms with van der Waals surface area (Å²) in [6, 6.07) is 1.45. The maximum Gasteiger partial charge on any atom is 0.509 e. The minimum absolute atomic E-state index is 0.358. The van der Waals surface area contributed by atoms with E-state index in [4.69, 9.17) is 0 Å². The first kappa shape index (κ1) is 12.9. The quantitative estimate of drug-likeness (QED) is 0.566. The largest absolute Gasteiger partial charge is 0.509 e. The van der Waals surface area contributed by atoms with E-state index in [2.05, 4.69) is 0 Å². The molecule has 0 nitrogen and oxygen atoms in total. The van der Waals surface area contributed by atoms with Crippen LogP contribution < -0.4 is 5.46 Å². The first-order valence-corrected chi connectivity index (χ1v) is 4.12. The van der Waals surface area contributed by atoms with Gasteiger partial charge >= 0.3 is 19.3 Å². The molecule has 0 saturated carbocycles. The van der Waals surface area contributed by atoms with Gasteiger partial charge in [0.1, 0.15) is 0 Å². The standard InChI is InChI=1S/C8H5BF7/c10-7(11)8(12,13)5-1-3-6(4-2-5)9(14,15)16/h1-4,7H/q-1. The second-order valence-electron chi connectivity index (χ2n) is 3.12. The van der Waals surface area contributed by atoms with Gasteiger partial charge in [0.05, 0.1) is 0 Å². The van der Waals surface area contributed by atoms with E-state index >= 15 is 0 Å². The number of benzene rings is 1. The molecule has 1 aromatic carbocycles. The number of hydrogen-bond donors (Lipinski definition) is 0. The zero-order valence-corrected chi connectivity index (χ0v) is 7.61. The lowest BCUT2D eigenvalue weighted by Gasteiger charge is -2.18. The Kier molecular flexibility index (Phi) is 3.21. The molecule has 0 radical (unpaired) electrons. The smallest absolute Gasteiger partial charge is 0.445 e. The zero-order valence-electron chi connectivity index (χ0n) is 7.61. The van der Waals surface area contributed by atoms with Crippen LogP contribution in [0.15, 0.2) is 24.3 Å². The summed E-state index contributed by atoms with van der Waals surface area (Å²) in [5.41, 5.74) is -2.24. The van der Waals surface area contributed by atoms with Gasteiger partial charge in [-0.25, -0.2) is 8.78 Å². The van der Waals surface area contributed by atoms with Crippen LogP contribution in [-0.4, -0.2) is 13.4 Å². The number of hydrogen-bond acceptors (Lipinski definition) is 0. The SMILES string of the molecule is FC(F)C(F)(F)c1ccc([B-](F)(F)F)cc1. The highest BCUT2D eigenvalue weighted by molar-refractivity contribution is 6.73. The number of alkyl halides is 4. The van der Waals surface area contributed by atoms with Crippen molar-refractivity contribution < 1.29 is 30.5 Å². The van der Waals surface area contributed by atoms with Crippen LogP contribution in [0.2, 0.25) is 0 Å². The molecule has 8 heteroatoms. The summed E-state index contributed by atoms with van der Waals surface area (Å²) in [6.45, 7) is -5.31. The molecule has 0 N–H and O–H groups in total. The third-order valence-electron chi connectivity index (χ3n) is 1.95. The van der Waals surface area contributed by atoms with Gasteiger partial charge in [0.15, 0.2) is 0 Å². The lowest BCUT2D eigenvalue weighted by molar-refractivity contribution is -0.135. The van der Waals surface area contributed by atoms with Crippen LogP contribution in [0.5, 0.6) is 0 Å². The molecule has 0 heterocycles. The molecular weight excluding hydrogens is 240 g/mol. The Morgan fingerprint density at radius 3 is 1.69 bits per heavy atom. The molecule has 0 bridgehead atoms. The van der Waals surface area contributed by atoms with E-state index in [9.17, 15) is 30.5 Å². The molecule has 16 heavy (non-hydrogen) atoms. The van der Waals surface area contributed by atoms with Gasteiger partial charge in [0, 0.05) is 5.56 Å². The highest BCUT2D eigenvalue weighted by Crippen LogP contribution is 2.34. The Labute approximate surface area is 86.1 Å². The summed E-state index contributed by atoms with van der Waals surface area (Å²) >= 11 is 0. The van der Waals surface area contributed by atoms with Crippen molar-refractivity contribution in [3.63, 3.8) is 0 Å². The fourth-order valence-corrected chi connectivity index (χ4v) is 1.05. The minimum Gasteiger partial charge on any atom is -0.445 e. The first-order valence-electron chi connectivity index (χ1n) is 4.12. The van der Waals surface area contributed by atoms with Crippen molar-refractivity contribution in [2.75, 3.05) is 0 Å². The molecule has 0 fully saturated rings. The summed E-state index contributed by atoms with van der Waals surface area (Å²) in [5, 5.41) is 0. The van der Waals surface area contributed by atoms with Crippen molar-refractivity contribution in [2.24, 2.45) is 0 Å². The molecule has 0 amide bonds. The van der Waals surface area contributed by atoms with E-state index in [1.807, 2.05) is 0 Å². The summed E-state index contributed by atoms with van der Waals surface area (Å²) in [4.78, 5) is 0. The Hall–Kier alpha value is -1.21. The fraction of sp³-hybridized carbons (Fsp3) is 0.250. The lowest BCUT2D eigenvalue weighted by Crippen LogP contribution is -2.34. The topological polar surface area (TPSA) is 0 Å². The Morgan fingerprint density at radius 1 is 0.938 bits per heavy atom. The molecule has 90 valence electrons. The number of halogens is 7. The third kappa shape index (κ3) is 2.48.